The fourth-order valence-electron chi connectivity index (χ4n) is 0.917. The van der Waals surface area contributed by atoms with Crippen molar-refractivity contribution in [3.8, 4) is 0 Å². The van der Waals surface area contributed by atoms with Crippen molar-refractivity contribution in [2.45, 2.75) is 0 Å². The van der Waals surface area contributed by atoms with Gasteiger partial charge in [-0.2, -0.15) is 0 Å². The van der Waals surface area contributed by atoms with Gasteiger partial charge in [-0.25, -0.2) is 0 Å². The molecule has 0 unspecified atom stereocenters. The van der Waals surface area contributed by atoms with Crippen molar-refractivity contribution in [2.24, 2.45) is 4.99 Å². The molecule has 3 nitrogen and oxygen atoms in total. The number of hydrogen-bond acceptors (Lipinski definition) is 3. The third kappa shape index (κ3) is 0.614. The van der Waals surface area contributed by atoms with E-state index in [9.17, 15) is 0 Å². The number of allylic oxidation sites excluding steroid dienone is 1. The number of rotatable bonds is 0. The van der Waals surface area contributed by atoms with E-state index >= 15 is 0 Å². The number of nitrogens with one attached hydrogen (secondary N) is 2. The minimum atomic E-state index is 0.797. The fraction of sp³-hybridized carbons (Fsp3) is 0.167. The number of aliphatic imine (C=N–C) groups is 1. The third-order valence-electron chi connectivity index (χ3n) is 1.41. The molecule has 0 bridgehead atoms. The number of hydrazine groups is 1. The first-order valence-electron chi connectivity index (χ1n) is 2.88. The second-order valence-electron chi connectivity index (χ2n) is 2.01. The molecule has 3 heteroatoms. The molecular weight excluding hydrogens is 114 g/mol. The summed E-state index contributed by atoms with van der Waals surface area (Å²) in [5, 5.41) is 0. The zero-order valence-corrected chi connectivity index (χ0v) is 4.89. The van der Waals surface area contributed by atoms with Gasteiger partial charge < -0.3 is 10.9 Å². The molecule has 2 aliphatic rings. The van der Waals surface area contributed by atoms with E-state index in [0.29, 0.717) is 0 Å². The van der Waals surface area contributed by atoms with Gasteiger partial charge in [-0.3, -0.25) is 4.99 Å². The highest BCUT2D eigenvalue weighted by Gasteiger charge is 2.10. The maximum Gasteiger partial charge on any atom is 0.0675 e. The molecule has 0 radical (unpaired) electrons. The highest BCUT2D eigenvalue weighted by molar-refractivity contribution is 5.76. The molecule has 2 N–H and O–H groups in total. The lowest BCUT2D eigenvalue weighted by Gasteiger charge is -2.03. The van der Waals surface area contributed by atoms with Crippen LogP contribution in [0.2, 0.25) is 0 Å². The molecule has 0 spiro atoms. The largest absolute Gasteiger partial charge is 0.308 e. The van der Waals surface area contributed by atoms with Gasteiger partial charge in [-0.05, 0) is 6.08 Å². The van der Waals surface area contributed by atoms with Gasteiger partial charge in [-0.15, -0.1) is 0 Å². The number of fused-ring (bicyclic) bond motifs is 1. The minimum Gasteiger partial charge on any atom is -0.308 e. The average molecular weight is 121 g/mol. The predicted octanol–water partition coefficient (Wildman–Crippen LogP) is -0.0536. The number of dihydropyridines is 1. The smallest absolute Gasteiger partial charge is 0.0675 e. The summed E-state index contributed by atoms with van der Waals surface area (Å²) >= 11 is 0. The summed E-state index contributed by atoms with van der Waals surface area (Å²) in [5.41, 5.74) is 8.27. The summed E-state index contributed by atoms with van der Waals surface area (Å²) in [6, 6.07) is 0. The topological polar surface area (TPSA) is 36.4 Å². The van der Waals surface area contributed by atoms with Crippen LogP contribution in [0.3, 0.4) is 0 Å². The minimum absolute atomic E-state index is 0.797. The van der Waals surface area contributed by atoms with Gasteiger partial charge in [0, 0.05) is 18.0 Å². The van der Waals surface area contributed by atoms with Crippen LogP contribution in [0.1, 0.15) is 0 Å². The number of hydrogen-bond donors (Lipinski definition) is 2. The van der Waals surface area contributed by atoms with E-state index in [1.807, 2.05) is 18.5 Å². The second-order valence-corrected chi connectivity index (χ2v) is 2.01. The quantitative estimate of drug-likeness (QED) is 0.471. The summed E-state index contributed by atoms with van der Waals surface area (Å²) in [5.74, 6) is 0. The maximum atomic E-state index is 4.07. The number of nitrogens with zero attached hydrogens (tertiary/aromatic N) is 1. The molecule has 2 rings (SSSR count). The summed E-state index contributed by atoms with van der Waals surface area (Å²) in [6.07, 6.45) is 5.70. The van der Waals surface area contributed by atoms with Crippen LogP contribution < -0.4 is 10.9 Å². The van der Waals surface area contributed by atoms with Gasteiger partial charge in [0.15, 0.2) is 0 Å². The van der Waals surface area contributed by atoms with Crippen LogP contribution in [0.15, 0.2) is 28.5 Å². The second kappa shape index (κ2) is 1.62. The normalized spacial score (nSPS) is 21.3. The Morgan fingerprint density at radius 1 is 1.56 bits per heavy atom. The fourth-order valence-corrected chi connectivity index (χ4v) is 0.917. The third-order valence-corrected chi connectivity index (χ3v) is 1.41. The van der Waals surface area contributed by atoms with Crippen molar-refractivity contribution in [1.82, 2.24) is 10.9 Å². The molecule has 0 amide bonds. The first kappa shape index (κ1) is 4.61. The van der Waals surface area contributed by atoms with Crippen molar-refractivity contribution in [3.63, 3.8) is 0 Å². The molecule has 46 valence electrons. The zero-order valence-electron chi connectivity index (χ0n) is 4.89. The van der Waals surface area contributed by atoms with Crippen molar-refractivity contribution in [3.05, 3.63) is 23.5 Å². The first-order chi connectivity index (χ1) is 4.47. The Balaban J connectivity index is 2.37. The van der Waals surface area contributed by atoms with E-state index in [1.165, 1.54) is 5.57 Å². The molecule has 2 heterocycles. The summed E-state index contributed by atoms with van der Waals surface area (Å²) in [4.78, 5) is 4.07. The molecule has 9 heavy (non-hydrogen) atoms. The Bertz CT molecular complexity index is 212. The van der Waals surface area contributed by atoms with Crippen LogP contribution in [0.25, 0.3) is 0 Å². The van der Waals surface area contributed by atoms with Crippen LogP contribution in [-0.2, 0) is 0 Å². The molecule has 0 fully saturated rings. The van der Waals surface area contributed by atoms with E-state index in [-0.39, 0.29) is 0 Å². The lowest BCUT2D eigenvalue weighted by molar-refractivity contribution is 0.783. The standard InChI is InChI=1S/C6H7N3/c1-2-7-3-5-4-8-9-6(1)5/h1-2,4,8-9H,3H2. The van der Waals surface area contributed by atoms with E-state index < -0.39 is 0 Å². The highest BCUT2D eigenvalue weighted by atomic mass is 15.4. The van der Waals surface area contributed by atoms with Crippen molar-refractivity contribution in [2.75, 3.05) is 6.54 Å². The summed E-state index contributed by atoms with van der Waals surface area (Å²) in [7, 11) is 0. The Hall–Kier alpha value is -1.25. The van der Waals surface area contributed by atoms with E-state index in [4.69, 9.17) is 0 Å². The van der Waals surface area contributed by atoms with Crippen LogP contribution in [0.5, 0.6) is 0 Å². The summed E-state index contributed by atoms with van der Waals surface area (Å²) in [6.45, 7) is 0.797. The van der Waals surface area contributed by atoms with E-state index in [2.05, 4.69) is 15.8 Å². The average Bonchev–Trinajstić information content (AvgIpc) is 2.33. The van der Waals surface area contributed by atoms with Crippen LogP contribution in [0, 0.1) is 0 Å². The highest BCUT2D eigenvalue weighted by Crippen LogP contribution is 2.11. The molecule has 0 saturated carbocycles. The van der Waals surface area contributed by atoms with Gasteiger partial charge >= 0.3 is 0 Å². The van der Waals surface area contributed by atoms with Crippen LogP contribution in [0.4, 0.5) is 0 Å². The van der Waals surface area contributed by atoms with Crippen molar-refractivity contribution < 1.29 is 0 Å². The molecule has 0 aromatic heterocycles. The van der Waals surface area contributed by atoms with Gasteiger partial charge in [0.25, 0.3) is 0 Å². The molecule has 0 aromatic rings. The van der Waals surface area contributed by atoms with Gasteiger partial charge in [0.1, 0.15) is 0 Å². The molecule has 0 atom stereocenters. The lowest BCUT2D eigenvalue weighted by Crippen LogP contribution is -2.19. The Kier molecular flexibility index (Phi) is 0.828. The molecule has 0 saturated heterocycles. The van der Waals surface area contributed by atoms with Crippen molar-refractivity contribution in [1.29, 1.82) is 0 Å². The van der Waals surface area contributed by atoms with E-state index in [0.717, 1.165) is 12.2 Å². The zero-order chi connectivity index (χ0) is 6.10. The summed E-state index contributed by atoms with van der Waals surface area (Å²) < 4.78 is 0. The van der Waals surface area contributed by atoms with E-state index in [1.54, 1.807) is 0 Å². The Morgan fingerprint density at radius 3 is 3.44 bits per heavy atom. The van der Waals surface area contributed by atoms with Crippen LogP contribution in [-0.4, -0.2) is 12.8 Å². The SMILES string of the molecule is C1=NCC2=CNNC2=C1. The predicted molar refractivity (Wildman–Crippen MR) is 35.8 cm³/mol. The Labute approximate surface area is 53.1 Å². The molecule has 2 aliphatic heterocycles. The van der Waals surface area contributed by atoms with Crippen molar-refractivity contribution >= 4 is 6.21 Å². The van der Waals surface area contributed by atoms with Crippen LogP contribution >= 0.6 is 0 Å². The lowest BCUT2D eigenvalue weighted by atomic mass is 10.2. The maximum absolute atomic E-state index is 4.07. The van der Waals surface area contributed by atoms with Gasteiger partial charge in [-0.1, -0.05) is 0 Å². The van der Waals surface area contributed by atoms with Gasteiger partial charge in [0.2, 0.25) is 0 Å². The Morgan fingerprint density at radius 2 is 2.56 bits per heavy atom. The molecule has 0 aliphatic carbocycles. The monoisotopic (exact) mass is 121 g/mol. The molecule has 0 aromatic carbocycles. The molecular formula is C6H7N3. The first-order valence-corrected chi connectivity index (χ1v) is 2.88. The van der Waals surface area contributed by atoms with Gasteiger partial charge in [0.05, 0.1) is 12.2 Å².